The molecule has 0 saturated carbocycles. The largest absolute Gasteiger partial charge is 0.368 e. The van der Waals surface area contributed by atoms with Crippen molar-refractivity contribution in [2.75, 3.05) is 24.5 Å². The van der Waals surface area contributed by atoms with Gasteiger partial charge < -0.3 is 10.2 Å². The zero-order valence-corrected chi connectivity index (χ0v) is 13.4. The van der Waals surface area contributed by atoms with Crippen LogP contribution in [-0.2, 0) is 0 Å². The molecule has 1 heterocycles. The summed E-state index contributed by atoms with van der Waals surface area (Å²) in [6, 6.07) is 4.03. The molecule has 0 aliphatic carbocycles. The fourth-order valence-corrected chi connectivity index (χ4v) is 2.97. The lowest BCUT2D eigenvalue weighted by Crippen LogP contribution is -2.53. The first-order chi connectivity index (χ1) is 9.02. The molecule has 2 rings (SSSR count). The van der Waals surface area contributed by atoms with Gasteiger partial charge in [-0.15, -0.1) is 0 Å². The average molecular weight is 329 g/mol. The second-order valence-corrected chi connectivity index (χ2v) is 6.30. The fourth-order valence-electron chi connectivity index (χ4n) is 2.64. The summed E-state index contributed by atoms with van der Waals surface area (Å²) in [7, 11) is 0. The Morgan fingerprint density at radius 1 is 1.53 bits per heavy atom. The van der Waals surface area contributed by atoms with Crippen molar-refractivity contribution in [1.29, 1.82) is 0 Å². The van der Waals surface area contributed by atoms with E-state index in [0.29, 0.717) is 16.4 Å². The molecule has 2 atom stereocenters. The molecule has 1 fully saturated rings. The number of nitrogens with one attached hydrogen (secondary N) is 1. The van der Waals surface area contributed by atoms with Crippen molar-refractivity contribution in [2.45, 2.75) is 33.2 Å². The van der Waals surface area contributed by atoms with Crippen LogP contribution in [0.5, 0.6) is 0 Å². The van der Waals surface area contributed by atoms with Crippen LogP contribution in [-0.4, -0.2) is 25.7 Å². The highest BCUT2D eigenvalue weighted by Crippen LogP contribution is 2.28. The summed E-state index contributed by atoms with van der Waals surface area (Å²) in [5.41, 5.74) is 2.15. The van der Waals surface area contributed by atoms with Gasteiger partial charge in [-0.05, 0) is 46.5 Å². The van der Waals surface area contributed by atoms with Crippen molar-refractivity contribution in [3.63, 3.8) is 0 Å². The van der Waals surface area contributed by atoms with Gasteiger partial charge in [0.1, 0.15) is 5.82 Å². The second kappa shape index (κ2) is 6.23. The predicted molar refractivity (Wildman–Crippen MR) is 82.3 cm³/mol. The Hall–Kier alpha value is -0.610. The summed E-state index contributed by atoms with van der Waals surface area (Å²) < 4.78 is 14.1. The SMILES string of the molecule is CCC(C)C1CN(c2cc(Br)c(F)cc2C)CCN1. The van der Waals surface area contributed by atoms with E-state index in [1.165, 1.54) is 6.42 Å². The van der Waals surface area contributed by atoms with E-state index in [1.807, 2.05) is 13.0 Å². The highest BCUT2D eigenvalue weighted by molar-refractivity contribution is 9.10. The molecular weight excluding hydrogens is 307 g/mol. The first kappa shape index (κ1) is 14.8. The van der Waals surface area contributed by atoms with Crippen molar-refractivity contribution >= 4 is 21.6 Å². The molecule has 19 heavy (non-hydrogen) atoms. The lowest BCUT2D eigenvalue weighted by molar-refractivity contribution is 0.341. The molecule has 0 spiro atoms. The summed E-state index contributed by atoms with van der Waals surface area (Å²) in [6.07, 6.45) is 1.18. The Kier molecular flexibility index (Phi) is 4.85. The van der Waals surface area contributed by atoms with E-state index < -0.39 is 0 Å². The average Bonchev–Trinajstić information content (AvgIpc) is 2.42. The Balaban J connectivity index is 2.19. The highest BCUT2D eigenvalue weighted by atomic mass is 79.9. The first-order valence-corrected chi connectivity index (χ1v) is 7.76. The molecule has 1 aromatic carbocycles. The maximum absolute atomic E-state index is 13.5. The number of nitrogens with zero attached hydrogens (tertiary/aromatic N) is 1. The topological polar surface area (TPSA) is 15.3 Å². The number of anilines is 1. The van der Waals surface area contributed by atoms with E-state index >= 15 is 0 Å². The van der Waals surface area contributed by atoms with Gasteiger partial charge in [-0.1, -0.05) is 20.3 Å². The van der Waals surface area contributed by atoms with Crippen LogP contribution in [0.15, 0.2) is 16.6 Å². The van der Waals surface area contributed by atoms with Gasteiger partial charge in [-0.25, -0.2) is 4.39 Å². The van der Waals surface area contributed by atoms with Crippen LogP contribution in [0.1, 0.15) is 25.8 Å². The molecule has 4 heteroatoms. The zero-order chi connectivity index (χ0) is 14.0. The number of piperazine rings is 1. The Morgan fingerprint density at radius 3 is 2.95 bits per heavy atom. The molecule has 1 aromatic rings. The minimum absolute atomic E-state index is 0.185. The summed E-state index contributed by atoms with van der Waals surface area (Å²) in [6.45, 7) is 9.45. The number of halogens is 2. The van der Waals surface area contributed by atoms with Crippen LogP contribution in [0.3, 0.4) is 0 Å². The van der Waals surface area contributed by atoms with E-state index in [2.05, 4.69) is 40.0 Å². The van der Waals surface area contributed by atoms with Gasteiger partial charge in [-0.3, -0.25) is 0 Å². The van der Waals surface area contributed by atoms with E-state index in [4.69, 9.17) is 0 Å². The molecule has 1 aliphatic heterocycles. The lowest BCUT2D eigenvalue weighted by Gasteiger charge is -2.38. The number of rotatable bonds is 3. The lowest BCUT2D eigenvalue weighted by atomic mass is 9.96. The van der Waals surface area contributed by atoms with Gasteiger partial charge >= 0.3 is 0 Å². The van der Waals surface area contributed by atoms with Crippen LogP contribution in [0.25, 0.3) is 0 Å². The van der Waals surface area contributed by atoms with Crippen molar-refractivity contribution in [2.24, 2.45) is 5.92 Å². The van der Waals surface area contributed by atoms with E-state index in [0.717, 1.165) is 30.9 Å². The maximum atomic E-state index is 13.5. The van der Waals surface area contributed by atoms with E-state index in [-0.39, 0.29) is 5.82 Å². The quantitative estimate of drug-likeness (QED) is 0.909. The standard InChI is InChI=1S/C15H22BrFN2/c1-4-10(2)14-9-19(6-5-18-14)15-8-12(16)13(17)7-11(15)3/h7-8,10,14,18H,4-6,9H2,1-3H3. The molecule has 0 aromatic heterocycles. The van der Waals surface area contributed by atoms with Crippen molar-refractivity contribution in [3.8, 4) is 0 Å². The molecule has 1 aliphatic rings. The van der Waals surface area contributed by atoms with Crippen LogP contribution < -0.4 is 10.2 Å². The van der Waals surface area contributed by atoms with Crippen molar-refractivity contribution in [3.05, 3.63) is 28.0 Å². The molecule has 1 N–H and O–H groups in total. The Labute approximate surface area is 123 Å². The molecule has 106 valence electrons. The van der Waals surface area contributed by atoms with Crippen LogP contribution in [0, 0.1) is 18.7 Å². The first-order valence-electron chi connectivity index (χ1n) is 6.97. The molecule has 0 radical (unpaired) electrons. The van der Waals surface area contributed by atoms with E-state index in [9.17, 15) is 4.39 Å². The van der Waals surface area contributed by atoms with Gasteiger partial charge in [0.05, 0.1) is 4.47 Å². The number of aryl methyl sites for hydroxylation is 1. The Bertz CT molecular complexity index is 450. The molecule has 2 nitrogen and oxygen atoms in total. The highest BCUT2D eigenvalue weighted by Gasteiger charge is 2.24. The molecular formula is C15H22BrFN2. The van der Waals surface area contributed by atoms with Crippen molar-refractivity contribution in [1.82, 2.24) is 5.32 Å². The monoisotopic (exact) mass is 328 g/mol. The summed E-state index contributed by atoms with van der Waals surface area (Å²) >= 11 is 3.29. The van der Waals surface area contributed by atoms with Gasteiger partial charge in [0.15, 0.2) is 0 Å². The van der Waals surface area contributed by atoms with Crippen LogP contribution in [0.4, 0.5) is 10.1 Å². The third-order valence-corrected chi connectivity index (χ3v) is 4.72. The number of hydrogen-bond acceptors (Lipinski definition) is 2. The summed E-state index contributed by atoms with van der Waals surface area (Å²) in [5, 5.41) is 3.59. The second-order valence-electron chi connectivity index (χ2n) is 5.44. The summed E-state index contributed by atoms with van der Waals surface area (Å²) in [5.74, 6) is 0.474. The summed E-state index contributed by atoms with van der Waals surface area (Å²) in [4.78, 5) is 2.37. The maximum Gasteiger partial charge on any atom is 0.137 e. The minimum Gasteiger partial charge on any atom is -0.368 e. The van der Waals surface area contributed by atoms with Gasteiger partial charge in [0.25, 0.3) is 0 Å². The zero-order valence-electron chi connectivity index (χ0n) is 11.8. The third-order valence-electron chi connectivity index (χ3n) is 4.12. The fraction of sp³-hybridized carbons (Fsp3) is 0.600. The van der Waals surface area contributed by atoms with Crippen molar-refractivity contribution < 1.29 is 4.39 Å². The minimum atomic E-state index is -0.185. The Morgan fingerprint density at radius 2 is 2.26 bits per heavy atom. The number of hydrogen-bond donors (Lipinski definition) is 1. The van der Waals surface area contributed by atoms with Crippen LogP contribution in [0.2, 0.25) is 0 Å². The molecule has 0 bridgehead atoms. The van der Waals surface area contributed by atoms with E-state index in [1.54, 1.807) is 6.07 Å². The molecule has 0 amide bonds. The van der Waals surface area contributed by atoms with Gasteiger partial charge in [-0.2, -0.15) is 0 Å². The van der Waals surface area contributed by atoms with Gasteiger partial charge in [0, 0.05) is 31.4 Å². The number of benzene rings is 1. The third kappa shape index (κ3) is 3.29. The smallest absolute Gasteiger partial charge is 0.137 e. The van der Waals surface area contributed by atoms with Crippen LogP contribution >= 0.6 is 15.9 Å². The normalized spacial score (nSPS) is 21.5. The molecule has 1 saturated heterocycles. The molecule has 2 unspecified atom stereocenters. The van der Waals surface area contributed by atoms with Gasteiger partial charge in [0.2, 0.25) is 0 Å². The predicted octanol–water partition coefficient (Wildman–Crippen LogP) is 3.72.